The Bertz CT molecular complexity index is 1930. The Morgan fingerprint density at radius 3 is 2.33 bits per heavy atom. The van der Waals surface area contributed by atoms with Gasteiger partial charge in [0.15, 0.2) is 23.6 Å². The summed E-state index contributed by atoms with van der Waals surface area (Å²) in [7, 11) is -10.2. The third-order valence-corrected chi connectivity index (χ3v) is 9.45. The highest BCUT2D eigenvalue weighted by atomic mass is 31.2. The number of aromatic nitrogens is 7. The Kier molecular flexibility index (Phi) is 7.32. The number of nitrogen functional groups attached to an aromatic ring is 2. The van der Waals surface area contributed by atoms with Crippen LogP contribution in [0, 0.1) is 0 Å². The number of aliphatic hydroxyl groups excluding tert-OH is 2. The molecule has 0 saturated carbocycles. The molecule has 242 valence electrons. The van der Waals surface area contributed by atoms with Gasteiger partial charge in [-0.3, -0.25) is 32.4 Å². The fourth-order valence-corrected chi connectivity index (χ4v) is 7.33. The van der Waals surface area contributed by atoms with Crippen LogP contribution in [0.15, 0.2) is 29.7 Å². The first-order valence-corrected chi connectivity index (χ1v) is 16.1. The molecule has 22 nitrogen and oxygen atoms in total. The highest BCUT2D eigenvalue weighted by Crippen LogP contribution is 2.53. The molecule has 0 aliphatic carbocycles. The van der Waals surface area contributed by atoms with Gasteiger partial charge < -0.3 is 45.5 Å². The number of ether oxygens (including phenoxy) is 2. The van der Waals surface area contributed by atoms with Gasteiger partial charge in [0.25, 0.3) is 5.56 Å². The van der Waals surface area contributed by atoms with E-state index in [1.807, 2.05) is 0 Å². The third-order valence-electron chi connectivity index (χ3n) is 7.47. The van der Waals surface area contributed by atoms with Crippen LogP contribution in [0.25, 0.3) is 22.2 Å². The maximum Gasteiger partial charge on any atom is 0.472 e. The molecule has 3 fully saturated rings. The molecule has 9 N–H and O–H groups in total. The second kappa shape index (κ2) is 10.9. The summed E-state index contributed by atoms with van der Waals surface area (Å²) in [5.74, 6) is -0.135. The molecule has 3 saturated heterocycles. The van der Waals surface area contributed by atoms with E-state index in [1.165, 1.54) is 17.1 Å². The normalized spacial score (nSPS) is 37.7. The summed E-state index contributed by atoms with van der Waals surface area (Å²) in [5.41, 5.74) is 10.8. The SMILES string of the molecule is Nc1nc2c(ncn2[C@@H]2O[C@@H]3COP(=O)(O)OC4C(O)[C@H](n5ccc6c(N)ncnc65)O[C@@H]4COP(=O)(O)OC2C3O)c(=O)[nH]1. The van der Waals surface area contributed by atoms with Crippen LogP contribution in [0.4, 0.5) is 11.8 Å². The Labute approximate surface area is 249 Å². The number of anilines is 2. The van der Waals surface area contributed by atoms with Gasteiger partial charge in [-0.05, 0) is 6.07 Å². The number of hydrogen-bond donors (Lipinski definition) is 7. The van der Waals surface area contributed by atoms with Crippen LogP contribution in [0.1, 0.15) is 12.5 Å². The summed E-state index contributed by atoms with van der Waals surface area (Å²) >= 11 is 0. The van der Waals surface area contributed by atoms with Crippen molar-refractivity contribution in [1.29, 1.82) is 0 Å². The van der Waals surface area contributed by atoms with E-state index in [9.17, 15) is 33.9 Å². The maximum absolute atomic E-state index is 13.2. The summed E-state index contributed by atoms with van der Waals surface area (Å²) in [6, 6.07) is 1.56. The monoisotopic (exact) mass is 673 g/mol. The van der Waals surface area contributed by atoms with Gasteiger partial charge in [0.05, 0.1) is 24.9 Å². The number of H-pyrrole nitrogens is 1. The van der Waals surface area contributed by atoms with Crippen molar-refractivity contribution in [2.75, 3.05) is 24.7 Å². The molecule has 4 aromatic rings. The zero-order chi connectivity index (χ0) is 31.8. The number of phosphoric ester groups is 2. The van der Waals surface area contributed by atoms with Gasteiger partial charge in [0, 0.05) is 6.20 Å². The Balaban J connectivity index is 1.21. The molecule has 2 bridgehead atoms. The van der Waals surface area contributed by atoms with Gasteiger partial charge in [-0.2, -0.15) is 4.98 Å². The maximum atomic E-state index is 13.2. The summed E-state index contributed by atoms with van der Waals surface area (Å²) < 4.78 is 61.3. The van der Waals surface area contributed by atoms with E-state index < -0.39 is 83.5 Å². The lowest BCUT2D eigenvalue weighted by Gasteiger charge is -2.25. The summed E-state index contributed by atoms with van der Waals surface area (Å²) in [4.78, 5) is 51.8. The van der Waals surface area contributed by atoms with Gasteiger partial charge in [0.1, 0.15) is 54.4 Å². The number of nitrogens with zero attached hydrogens (tertiary/aromatic N) is 6. The summed E-state index contributed by atoms with van der Waals surface area (Å²) in [5, 5.41) is 22.6. The number of imidazole rings is 1. The molecule has 3 aliphatic heterocycles. The molecule has 0 aromatic carbocycles. The topological polar surface area (TPSA) is 317 Å². The average molecular weight is 673 g/mol. The van der Waals surface area contributed by atoms with Crippen molar-refractivity contribution in [3.05, 3.63) is 35.3 Å². The van der Waals surface area contributed by atoms with Crippen LogP contribution >= 0.6 is 15.6 Å². The van der Waals surface area contributed by atoms with Crippen LogP contribution < -0.4 is 17.0 Å². The zero-order valence-electron chi connectivity index (χ0n) is 22.5. The standard InChI is InChI=1S/C21H25N9O13P2/c22-15-7-1-2-29(16(7)25-5-24-15)19-12(32)13-9(41-19)4-39-45(36,37)43-14-11(31)8(3-38-44(34,35)42-13)40-20(14)30-6-26-10-17(30)27-21(23)28-18(10)33/h1-2,5-6,8-9,11-14,19-20,31-32H,3-4H2,(H,34,35)(H,36,37)(H2,22,24,25)(H3,23,27,28,33)/t8-,9-,11?,12?,13?,14?,19-,20-/m1/s1. The smallest absolute Gasteiger partial charge is 0.387 e. The number of aliphatic hydroxyl groups is 2. The first-order chi connectivity index (χ1) is 21.3. The first-order valence-electron chi connectivity index (χ1n) is 13.1. The predicted molar refractivity (Wildman–Crippen MR) is 146 cm³/mol. The molecular formula is C21H25N9O13P2. The number of fused-ring (bicyclic) bond motifs is 5. The predicted octanol–water partition coefficient (Wildman–Crippen LogP) is -1.74. The van der Waals surface area contributed by atoms with Gasteiger partial charge >= 0.3 is 15.6 Å². The summed E-state index contributed by atoms with van der Waals surface area (Å²) in [6.07, 6.45) is -8.73. The van der Waals surface area contributed by atoms with Crippen molar-refractivity contribution in [1.82, 2.24) is 34.1 Å². The first kappa shape index (κ1) is 30.3. The van der Waals surface area contributed by atoms with Crippen molar-refractivity contribution in [2.45, 2.75) is 49.1 Å². The lowest BCUT2D eigenvalue weighted by atomic mass is 10.1. The highest BCUT2D eigenvalue weighted by molar-refractivity contribution is 7.47. The van der Waals surface area contributed by atoms with E-state index in [2.05, 4.69) is 24.9 Å². The number of phosphoric acid groups is 2. The number of nitrogens with two attached hydrogens (primary N) is 2. The molecule has 0 spiro atoms. The molecule has 7 rings (SSSR count). The van der Waals surface area contributed by atoms with Crippen LogP contribution in [0.5, 0.6) is 0 Å². The van der Waals surface area contributed by atoms with Gasteiger partial charge in [0.2, 0.25) is 5.95 Å². The van der Waals surface area contributed by atoms with Crippen molar-refractivity contribution in [2.24, 2.45) is 0 Å². The minimum Gasteiger partial charge on any atom is -0.387 e. The molecule has 0 radical (unpaired) electrons. The molecule has 7 heterocycles. The molecule has 0 amide bonds. The van der Waals surface area contributed by atoms with Gasteiger partial charge in [-0.25, -0.2) is 24.1 Å². The van der Waals surface area contributed by atoms with Crippen LogP contribution in [-0.4, -0.2) is 104 Å². The van der Waals surface area contributed by atoms with Crippen molar-refractivity contribution in [3.63, 3.8) is 0 Å². The molecule has 4 aromatic heterocycles. The van der Waals surface area contributed by atoms with Crippen LogP contribution in [-0.2, 0) is 36.7 Å². The Hall–Kier alpha value is -3.37. The Morgan fingerprint density at radius 2 is 1.58 bits per heavy atom. The number of nitrogens with one attached hydrogen (secondary N) is 1. The van der Waals surface area contributed by atoms with Crippen LogP contribution in [0.3, 0.4) is 0 Å². The minimum atomic E-state index is -5.10. The van der Waals surface area contributed by atoms with E-state index in [-0.39, 0.29) is 28.6 Å². The van der Waals surface area contributed by atoms with E-state index in [1.54, 1.807) is 6.07 Å². The van der Waals surface area contributed by atoms with E-state index >= 15 is 0 Å². The molecule has 6 unspecified atom stereocenters. The fraction of sp³-hybridized carbons (Fsp3) is 0.476. The van der Waals surface area contributed by atoms with E-state index in [0.29, 0.717) is 5.39 Å². The van der Waals surface area contributed by atoms with Crippen LogP contribution in [0.2, 0.25) is 0 Å². The lowest BCUT2D eigenvalue weighted by Crippen LogP contribution is -2.36. The highest BCUT2D eigenvalue weighted by Gasteiger charge is 2.53. The van der Waals surface area contributed by atoms with E-state index in [0.717, 1.165) is 10.9 Å². The number of hydrogen-bond acceptors (Lipinski definition) is 17. The molecule has 45 heavy (non-hydrogen) atoms. The molecule has 10 atom stereocenters. The number of aromatic amines is 1. The molecule has 24 heteroatoms. The van der Waals surface area contributed by atoms with E-state index in [4.69, 9.17) is 39.0 Å². The average Bonchev–Trinajstić information content (AvgIpc) is 3.72. The second-order valence-corrected chi connectivity index (χ2v) is 13.1. The van der Waals surface area contributed by atoms with Crippen molar-refractivity contribution in [3.8, 4) is 0 Å². The van der Waals surface area contributed by atoms with Crippen molar-refractivity contribution >= 4 is 49.6 Å². The van der Waals surface area contributed by atoms with Crippen molar-refractivity contribution < 1.29 is 56.7 Å². The van der Waals surface area contributed by atoms with Gasteiger partial charge in [-0.15, -0.1) is 0 Å². The second-order valence-electron chi connectivity index (χ2n) is 10.3. The minimum absolute atomic E-state index is 0.124. The molecule has 3 aliphatic rings. The summed E-state index contributed by atoms with van der Waals surface area (Å²) in [6.45, 7) is -1.62. The fourth-order valence-electron chi connectivity index (χ4n) is 5.44. The zero-order valence-corrected chi connectivity index (χ0v) is 24.3. The quantitative estimate of drug-likeness (QED) is 0.116. The lowest BCUT2D eigenvalue weighted by molar-refractivity contribution is -0.0671. The third kappa shape index (κ3) is 5.33. The molecular weight excluding hydrogens is 648 g/mol. The number of rotatable bonds is 2. The largest absolute Gasteiger partial charge is 0.472 e. The Morgan fingerprint density at radius 1 is 0.889 bits per heavy atom. The van der Waals surface area contributed by atoms with Gasteiger partial charge in [-0.1, -0.05) is 0 Å².